The van der Waals surface area contributed by atoms with Crippen LogP contribution in [0.3, 0.4) is 0 Å². The molecule has 0 saturated heterocycles. The van der Waals surface area contributed by atoms with Gasteiger partial charge in [0.05, 0.1) is 17.5 Å². The molecule has 5 nitrogen and oxygen atoms in total. The van der Waals surface area contributed by atoms with E-state index in [1.165, 1.54) is 11.3 Å². The molecule has 0 saturated carbocycles. The molecule has 0 radical (unpaired) electrons. The van der Waals surface area contributed by atoms with Crippen molar-refractivity contribution in [2.24, 2.45) is 5.73 Å². The van der Waals surface area contributed by atoms with Gasteiger partial charge in [0, 0.05) is 17.1 Å². The van der Waals surface area contributed by atoms with Crippen LogP contribution in [0, 0.1) is 0 Å². The molecule has 28 heavy (non-hydrogen) atoms. The number of hydrogen-bond donors (Lipinski definition) is 2. The summed E-state index contributed by atoms with van der Waals surface area (Å²) in [5.74, 6) is -0.414. The second-order valence-corrected chi connectivity index (χ2v) is 7.52. The number of ether oxygens (including phenoxy) is 1. The normalized spacial score (nSPS) is 12.2. The minimum atomic E-state index is -0.414. The highest BCUT2D eigenvalue weighted by Gasteiger charge is 2.23. The molecule has 0 fully saturated rings. The molecule has 0 amide bonds. The van der Waals surface area contributed by atoms with Gasteiger partial charge in [0.15, 0.2) is 5.69 Å². The molecule has 0 aliphatic rings. The molecule has 142 valence electrons. The predicted octanol–water partition coefficient (Wildman–Crippen LogP) is 4.71. The molecule has 4 rings (SSSR count). The summed E-state index contributed by atoms with van der Waals surface area (Å²) in [6.45, 7) is 2.09. The van der Waals surface area contributed by atoms with Crippen molar-refractivity contribution in [1.82, 2.24) is 9.97 Å². The standard InChI is InChI=1S/C22H21N3O2S/c1-2-27-22(26)19-20(14-8-4-3-5-9-14)28-21(25-19)17(23)12-15-13-24-18-11-7-6-10-16(15)18/h3-11,13,17,24H,2,12,23H2,1H3/t17-/m1/s1. The van der Waals surface area contributed by atoms with Crippen molar-refractivity contribution in [3.8, 4) is 10.4 Å². The quantitative estimate of drug-likeness (QED) is 0.466. The predicted molar refractivity (Wildman–Crippen MR) is 112 cm³/mol. The third-order valence-corrected chi connectivity index (χ3v) is 5.82. The number of carbonyl (C=O) groups is 1. The van der Waals surface area contributed by atoms with Crippen LogP contribution in [0.4, 0.5) is 0 Å². The van der Waals surface area contributed by atoms with Gasteiger partial charge in [-0.05, 0) is 30.5 Å². The van der Waals surface area contributed by atoms with Gasteiger partial charge in [0.25, 0.3) is 0 Å². The first kappa shape index (κ1) is 18.4. The maximum Gasteiger partial charge on any atom is 0.358 e. The molecular weight excluding hydrogens is 370 g/mol. The number of benzene rings is 2. The van der Waals surface area contributed by atoms with E-state index in [1.54, 1.807) is 6.92 Å². The second-order valence-electron chi connectivity index (χ2n) is 6.49. The summed E-state index contributed by atoms with van der Waals surface area (Å²) in [7, 11) is 0. The maximum atomic E-state index is 12.4. The zero-order chi connectivity index (χ0) is 19.5. The third kappa shape index (κ3) is 3.56. The lowest BCUT2D eigenvalue weighted by Gasteiger charge is -2.07. The lowest BCUT2D eigenvalue weighted by atomic mass is 10.1. The summed E-state index contributed by atoms with van der Waals surface area (Å²) < 4.78 is 5.21. The minimum Gasteiger partial charge on any atom is -0.461 e. The van der Waals surface area contributed by atoms with Gasteiger partial charge < -0.3 is 15.5 Å². The van der Waals surface area contributed by atoms with Crippen molar-refractivity contribution in [3.05, 3.63) is 77.1 Å². The van der Waals surface area contributed by atoms with E-state index < -0.39 is 5.97 Å². The molecule has 6 heteroatoms. The SMILES string of the molecule is CCOC(=O)c1nc([C@H](N)Cc2c[nH]c3ccccc23)sc1-c1ccccc1. The van der Waals surface area contributed by atoms with Gasteiger partial charge in [0.1, 0.15) is 5.01 Å². The van der Waals surface area contributed by atoms with Gasteiger partial charge in [-0.25, -0.2) is 9.78 Å². The molecule has 2 aromatic heterocycles. The number of fused-ring (bicyclic) bond motifs is 1. The summed E-state index contributed by atoms with van der Waals surface area (Å²) in [5, 5.41) is 1.88. The summed E-state index contributed by atoms with van der Waals surface area (Å²) in [5.41, 5.74) is 9.99. The van der Waals surface area contributed by atoms with Crippen LogP contribution in [0.15, 0.2) is 60.8 Å². The van der Waals surface area contributed by atoms with Gasteiger partial charge in [-0.1, -0.05) is 48.5 Å². The number of nitrogens with zero attached hydrogens (tertiary/aromatic N) is 1. The zero-order valence-electron chi connectivity index (χ0n) is 15.5. The van der Waals surface area contributed by atoms with Crippen molar-refractivity contribution >= 4 is 28.2 Å². The molecule has 2 heterocycles. The molecule has 0 unspecified atom stereocenters. The monoisotopic (exact) mass is 391 g/mol. The number of nitrogens with two attached hydrogens (primary N) is 1. The Morgan fingerprint density at radius 3 is 2.71 bits per heavy atom. The molecule has 0 aliphatic carbocycles. The van der Waals surface area contributed by atoms with Crippen molar-refractivity contribution in [2.75, 3.05) is 6.61 Å². The van der Waals surface area contributed by atoms with E-state index in [0.717, 1.165) is 31.9 Å². The second kappa shape index (κ2) is 7.96. The summed E-state index contributed by atoms with van der Waals surface area (Å²) >= 11 is 1.45. The van der Waals surface area contributed by atoms with E-state index in [-0.39, 0.29) is 6.04 Å². The van der Waals surface area contributed by atoms with E-state index in [4.69, 9.17) is 10.5 Å². The Hall–Kier alpha value is -2.96. The van der Waals surface area contributed by atoms with Gasteiger partial charge in [-0.15, -0.1) is 11.3 Å². The van der Waals surface area contributed by atoms with Gasteiger partial charge in [-0.3, -0.25) is 0 Å². The van der Waals surface area contributed by atoms with Crippen LogP contribution >= 0.6 is 11.3 Å². The first-order chi connectivity index (χ1) is 13.7. The van der Waals surface area contributed by atoms with Crippen LogP contribution in [0.25, 0.3) is 21.3 Å². The maximum absolute atomic E-state index is 12.4. The highest BCUT2D eigenvalue weighted by molar-refractivity contribution is 7.15. The van der Waals surface area contributed by atoms with Crippen molar-refractivity contribution < 1.29 is 9.53 Å². The van der Waals surface area contributed by atoms with Gasteiger partial charge in [-0.2, -0.15) is 0 Å². The van der Waals surface area contributed by atoms with Gasteiger partial charge in [0.2, 0.25) is 0 Å². The van der Waals surface area contributed by atoms with Crippen molar-refractivity contribution in [1.29, 1.82) is 0 Å². The number of nitrogens with one attached hydrogen (secondary N) is 1. The van der Waals surface area contributed by atoms with Gasteiger partial charge >= 0.3 is 5.97 Å². The lowest BCUT2D eigenvalue weighted by molar-refractivity contribution is 0.0521. The van der Waals surface area contributed by atoms with Crippen LogP contribution in [-0.4, -0.2) is 22.5 Å². The summed E-state index contributed by atoms with van der Waals surface area (Å²) in [4.78, 5) is 21.1. The first-order valence-electron chi connectivity index (χ1n) is 9.21. The summed E-state index contributed by atoms with van der Waals surface area (Å²) in [6, 6.07) is 17.6. The molecule has 4 aromatic rings. The molecular formula is C22H21N3O2S. The topological polar surface area (TPSA) is 81.0 Å². The Labute approximate surface area is 167 Å². The highest BCUT2D eigenvalue weighted by atomic mass is 32.1. The molecule has 0 aliphatic heterocycles. The van der Waals surface area contributed by atoms with E-state index in [9.17, 15) is 4.79 Å². The Balaban J connectivity index is 1.68. The Morgan fingerprint density at radius 1 is 1.18 bits per heavy atom. The van der Waals surface area contributed by atoms with Crippen molar-refractivity contribution in [3.63, 3.8) is 0 Å². The highest BCUT2D eigenvalue weighted by Crippen LogP contribution is 2.34. The number of aromatic amines is 1. The van der Waals surface area contributed by atoms with Crippen LogP contribution in [0.1, 0.15) is 34.0 Å². The number of aromatic nitrogens is 2. The van der Waals surface area contributed by atoms with Crippen LogP contribution < -0.4 is 5.73 Å². The number of rotatable bonds is 6. The Bertz CT molecular complexity index is 1100. The average molecular weight is 391 g/mol. The minimum absolute atomic E-state index is 0.307. The largest absolute Gasteiger partial charge is 0.461 e. The van der Waals surface area contributed by atoms with Crippen molar-refractivity contribution in [2.45, 2.75) is 19.4 Å². The fourth-order valence-corrected chi connectivity index (χ4v) is 4.30. The van der Waals surface area contributed by atoms with Crippen LogP contribution in [0.5, 0.6) is 0 Å². The number of carbonyl (C=O) groups excluding carboxylic acids is 1. The summed E-state index contributed by atoms with van der Waals surface area (Å²) in [6.07, 6.45) is 2.62. The molecule has 1 atom stereocenters. The van der Waals surface area contributed by atoms with E-state index in [2.05, 4.69) is 16.0 Å². The molecule has 0 bridgehead atoms. The molecule has 2 aromatic carbocycles. The van der Waals surface area contributed by atoms with E-state index >= 15 is 0 Å². The number of para-hydroxylation sites is 1. The molecule has 3 N–H and O–H groups in total. The number of thiazole rings is 1. The third-order valence-electron chi connectivity index (χ3n) is 4.58. The first-order valence-corrected chi connectivity index (χ1v) is 10.0. The Kier molecular flexibility index (Phi) is 5.23. The van der Waals surface area contributed by atoms with E-state index in [1.807, 2.05) is 54.7 Å². The molecule has 0 spiro atoms. The lowest BCUT2D eigenvalue weighted by Crippen LogP contribution is -2.14. The van der Waals surface area contributed by atoms with E-state index in [0.29, 0.717) is 18.7 Å². The van der Waals surface area contributed by atoms with Crippen LogP contribution in [0.2, 0.25) is 0 Å². The number of hydrogen-bond acceptors (Lipinski definition) is 5. The average Bonchev–Trinajstić information content (AvgIpc) is 3.34. The zero-order valence-corrected chi connectivity index (χ0v) is 16.3. The van der Waals surface area contributed by atoms with Crippen LogP contribution in [-0.2, 0) is 11.2 Å². The smallest absolute Gasteiger partial charge is 0.358 e. The Morgan fingerprint density at radius 2 is 1.93 bits per heavy atom. The fourth-order valence-electron chi connectivity index (χ4n) is 3.24. The fraction of sp³-hybridized carbons (Fsp3) is 0.182. The number of esters is 1. The number of H-pyrrole nitrogens is 1.